The van der Waals surface area contributed by atoms with E-state index in [2.05, 4.69) is 32.1 Å². The Balaban J connectivity index is 2.05. The minimum absolute atomic E-state index is 0.410. The summed E-state index contributed by atoms with van der Waals surface area (Å²) < 4.78 is 1.88. The van der Waals surface area contributed by atoms with Crippen LogP contribution in [0.5, 0.6) is 0 Å². The van der Waals surface area contributed by atoms with Crippen LogP contribution in [0.4, 0.5) is 0 Å². The number of hydrogen-bond acceptors (Lipinski definition) is 3. The van der Waals surface area contributed by atoms with E-state index in [1.54, 1.807) is 0 Å². The Morgan fingerprint density at radius 3 is 2.68 bits per heavy atom. The van der Waals surface area contributed by atoms with E-state index in [1.807, 2.05) is 29.7 Å². The summed E-state index contributed by atoms with van der Waals surface area (Å²) in [6.45, 7) is 7.92. The highest BCUT2D eigenvalue weighted by Crippen LogP contribution is 2.45. The molecular formula is C15H27N3S. The van der Waals surface area contributed by atoms with Crippen LogP contribution in [0.25, 0.3) is 0 Å². The molecule has 0 spiro atoms. The van der Waals surface area contributed by atoms with Crippen molar-refractivity contribution in [1.29, 1.82) is 0 Å². The first-order valence-corrected chi connectivity index (χ1v) is 8.13. The Hall–Kier alpha value is -0.480. The maximum absolute atomic E-state index is 5.97. The zero-order valence-electron chi connectivity index (χ0n) is 12.6. The summed E-state index contributed by atoms with van der Waals surface area (Å²) in [6, 6.07) is 0. The van der Waals surface area contributed by atoms with Crippen molar-refractivity contribution >= 4 is 11.8 Å². The lowest BCUT2D eigenvalue weighted by Crippen LogP contribution is -2.36. The van der Waals surface area contributed by atoms with Crippen LogP contribution < -0.4 is 5.73 Å². The molecule has 1 aliphatic rings. The summed E-state index contributed by atoms with van der Waals surface area (Å²) in [6.07, 6.45) is 7.97. The summed E-state index contributed by atoms with van der Waals surface area (Å²) in [7, 11) is 1.98. The van der Waals surface area contributed by atoms with Gasteiger partial charge in [0.05, 0.1) is 6.20 Å². The number of thioether (sulfide) groups is 1. The molecule has 0 saturated heterocycles. The average Bonchev–Trinajstić information content (AvgIpc) is 2.73. The molecule has 0 aromatic carbocycles. The predicted octanol–water partition coefficient (Wildman–Crippen LogP) is 3.30. The Kier molecular flexibility index (Phi) is 4.62. The number of nitrogens with two attached hydrogens (primary N) is 1. The van der Waals surface area contributed by atoms with Gasteiger partial charge in [0, 0.05) is 23.4 Å². The number of nitrogens with zero attached hydrogens (tertiary/aromatic N) is 2. The normalized spacial score (nSPS) is 28.6. The summed E-state index contributed by atoms with van der Waals surface area (Å²) in [5.74, 6) is 1.47. The van der Waals surface area contributed by atoms with Crippen molar-refractivity contribution in [1.82, 2.24) is 9.78 Å². The van der Waals surface area contributed by atoms with Gasteiger partial charge in [0.2, 0.25) is 0 Å². The molecule has 3 unspecified atom stereocenters. The van der Waals surface area contributed by atoms with Crippen molar-refractivity contribution in [2.24, 2.45) is 30.0 Å². The van der Waals surface area contributed by atoms with Crippen LogP contribution in [0.1, 0.15) is 40.0 Å². The third-order valence-electron chi connectivity index (χ3n) is 4.42. The van der Waals surface area contributed by atoms with E-state index in [-0.39, 0.29) is 0 Å². The first kappa shape index (κ1) is 14.9. The first-order chi connectivity index (χ1) is 8.90. The highest BCUT2D eigenvalue weighted by molar-refractivity contribution is 8.00. The smallest absolute Gasteiger partial charge is 0.0625 e. The molecule has 1 aromatic heterocycles. The van der Waals surface area contributed by atoms with Crippen LogP contribution in [0.3, 0.4) is 0 Å². The molecule has 4 heteroatoms. The van der Waals surface area contributed by atoms with Crippen LogP contribution in [0.2, 0.25) is 0 Å². The molecule has 3 atom stereocenters. The number of aromatic nitrogens is 2. The Labute approximate surface area is 121 Å². The van der Waals surface area contributed by atoms with Crippen molar-refractivity contribution in [3.05, 3.63) is 12.4 Å². The second kappa shape index (κ2) is 5.88. The van der Waals surface area contributed by atoms with Crippen molar-refractivity contribution < 1.29 is 0 Å². The van der Waals surface area contributed by atoms with Gasteiger partial charge in [0.1, 0.15) is 0 Å². The number of hydrogen-bond donors (Lipinski definition) is 1. The zero-order chi connectivity index (χ0) is 14.0. The van der Waals surface area contributed by atoms with Gasteiger partial charge < -0.3 is 5.73 Å². The number of aryl methyl sites for hydroxylation is 1. The number of rotatable bonds is 3. The van der Waals surface area contributed by atoms with Crippen LogP contribution in [-0.2, 0) is 7.05 Å². The Morgan fingerprint density at radius 1 is 1.42 bits per heavy atom. The monoisotopic (exact) mass is 281 g/mol. The lowest BCUT2D eigenvalue weighted by atomic mass is 9.69. The minimum Gasteiger partial charge on any atom is -0.330 e. The van der Waals surface area contributed by atoms with Crippen LogP contribution >= 0.6 is 11.8 Å². The van der Waals surface area contributed by atoms with Crippen LogP contribution in [0, 0.1) is 17.3 Å². The molecule has 1 aromatic rings. The predicted molar refractivity (Wildman–Crippen MR) is 82.2 cm³/mol. The third kappa shape index (κ3) is 3.76. The lowest BCUT2D eigenvalue weighted by molar-refractivity contribution is 0.157. The molecular weight excluding hydrogens is 254 g/mol. The van der Waals surface area contributed by atoms with E-state index in [0.29, 0.717) is 16.6 Å². The topological polar surface area (TPSA) is 43.8 Å². The second-order valence-corrected chi connectivity index (χ2v) is 8.19. The molecule has 1 saturated carbocycles. The van der Waals surface area contributed by atoms with E-state index in [9.17, 15) is 0 Å². The Bertz CT molecular complexity index is 408. The molecule has 2 rings (SSSR count). The maximum atomic E-state index is 5.97. The maximum Gasteiger partial charge on any atom is 0.0625 e. The van der Waals surface area contributed by atoms with Crippen molar-refractivity contribution in [3.63, 3.8) is 0 Å². The molecule has 0 amide bonds. The molecule has 1 fully saturated rings. The fourth-order valence-corrected chi connectivity index (χ4v) is 4.47. The molecule has 19 heavy (non-hydrogen) atoms. The van der Waals surface area contributed by atoms with E-state index in [0.717, 1.165) is 12.5 Å². The molecule has 3 nitrogen and oxygen atoms in total. The molecule has 0 radical (unpaired) electrons. The zero-order valence-corrected chi connectivity index (χ0v) is 13.4. The fourth-order valence-electron chi connectivity index (χ4n) is 3.03. The summed E-state index contributed by atoms with van der Waals surface area (Å²) in [5.41, 5.74) is 6.38. The molecule has 0 bridgehead atoms. The van der Waals surface area contributed by atoms with Crippen LogP contribution in [-0.4, -0.2) is 21.6 Å². The van der Waals surface area contributed by atoms with Gasteiger partial charge in [-0.1, -0.05) is 20.8 Å². The average molecular weight is 281 g/mol. The first-order valence-electron chi connectivity index (χ1n) is 7.25. The summed E-state index contributed by atoms with van der Waals surface area (Å²) >= 11 is 1.97. The van der Waals surface area contributed by atoms with E-state index in [1.165, 1.54) is 24.2 Å². The third-order valence-corrected chi connectivity index (χ3v) is 5.79. The summed E-state index contributed by atoms with van der Waals surface area (Å²) in [4.78, 5) is 1.28. The largest absolute Gasteiger partial charge is 0.330 e. The molecule has 108 valence electrons. The van der Waals surface area contributed by atoms with Gasteiger partial charge in [0.15, 0.2) is 0 Å². The van der Waals surface area contributed by atoms with Crippen molar-refractivity contribution in [3.8, 4) is 0 Å². The lowest BCUT2D eigenvalue weighted by Gasteiger charge is -2.41. The molecule has 1 heterocycles. The summed E-state index contributed by atoms with van der Waals surface area (Å²) in [5, 5.41) is 4.91. The van der Waals surface area contributed by atoms with E-state index < -0.39 is 0 Å². The van der Waals surface area contributed by atoms with Crippen molar-refractivity contribution in [2.75, 3.05) is 6.54 Å². The van der Waals surface area contributed by atoms with E-state index >= 15 is 0 Å². The highest BCUT2D eigenvalue weighted by atomic mass is 32.2. The minimum atomic E-state index is 0.410. The van der Waals surface area contributed by atoms with Gasteiger partial charge in [-0.25, -0.2) is 0 Å². The quantitative estimate of drug-likeness (QED) is 0.924. The Morgan fingerprint density at radius 2 is 2.16 bits per heavy atom. The van der Waals surface area contributed by atoms with Gasteiger partial charge in [-0.05, 0) is 43.1 Å². The standard InChI is InChI=1S/C15H27N3S/c1-15(2,3)12-6-5-11(8-16)14(7-12)19-13-9-17-18(4)10-13/h9-12,14H,5-8,16H2,1-4H3. The van der Waals surface area contributed by atoms with Gasteiger partial charge in [0.25, 0.3) is 0 Å². The van der Waals surface area contributed by atoms with Gasteiger partial charge in [-0.15, -0.1) is 11.8 Å². The SMILES string of the molecule is Cn1cc(SC2CC(C(C)(C)C)CCC2CN)cn1. The van der Waals surface area contributed by atoms with Crippen LogP contribution in [0.15, 0.2) is 17.3 Å². The molecule has 1 aliphatic carbocycles. The van der Waals surface area contributed by atoms with Crippen molar-refractivity contribution in [2.45, 2.75) is 50.2 Å². The van der Waals surface area contributed by atoms with E-state index in [4.69, 9.17) is 5.73 Å². The van der Waals surface area contributed by atoms with Gasteiger partial charge in [-0.2, -0.15) is 5.10 Å². The van der Waals surface area contributed by atoms with Gasteiger partial charge in [-0.3, -0.25) is 4.68 Å². The molecule has 0 aliphatic heterocycles. The molecule has 2 N–H and O–H groups in total. The van der Waals surface area contributed by atoms with Gasteiger partial charge >= 0.3 is 0 Å². The highest BCUT2D eigenvalue weighted by Gasteiger charge is 2.35. The fraction of sp³-hybridized carbons (Fsp3) is 0.800. The second-order valence-electron chi connectivity index (χ2n) is 6.88.